The molecular formula is C26H25O2PS. The van der Waals surface area contributed by atoms with Crippen LogP contribution in [0.2, 0.25) is 0 Å². The second-order valence-electron chi connectivity index (χ2n) is 7.19. The van der Waals surface area contributed by atoms with Crippen LogP contribution < -0.4 is 10.6 Å². The van der Waals surface area contributed by atoms with Crippen molar-refractivity contribution < 1.29 is 9.30 Å². The summed E-state index contributed by atoms with van der Waals surface area (Å²) in [5, 5.41) is 2.35. The van der Waals surface area contributed by atoms with Gasteiger partial charge < -0.3 is 9.30 Å². The molecule has 152 valence electrons. The average molecular weight is 433 g/mol. The van der Waals surface area contributed by atoms with Crippen molar-refractivity contribution in [1.29, 1.82) is 0 Å². The molecule has 1 heterocycles. The smallest absolute Gasteiger partial charge is 0.171 e. The second-order valence-corrected chi connectivity index (χ2v) is 11.1. The van der Waals surface area contributed by atoms with Crippen molar-refractivity contribution in [3.05, 3.63) is 113 Å². The first-order valence-corrected chi connectivity index (χ1v) is 12.7. The Morgan fingerprint density at radius 1 is 0.767 bits per heavy atom. The summed E-state index contributed by atoms with van der Waals surface area (Å²) in [5.74, 6) is 0. The zero-order valence-electron chi connectivity index (χ0n) is 16.9. The molecule has 0 bridgehead atoms. The van der Waals surface area contributed by atoms with Crippen molar-refractivity contribution in [3.63, 3.8) is 0 Å². The molecule has 0 spiro atoms. The highest BCUT2D eigenvalue weighted by Crippen LogP contribution is 2.57. The van der Waals surface area contributed by atoms with Crippen LogP contribution in [0, 0.1) is 0 Å². The molecule has 2 nitrogen and oxygen atoms in total. The van der Waals surface area contributed by atoms with Gasteiger partial charge in [-0.2, -0.15) is 0 Å². The molecule has 1 aliphatic rings. The Bertz CT molecular complexity index is 1020. The molecule has 1 saturated heterocycles. The molecule has 4 heteroatoms. The molecule has 0 atom stereocenters. The lowest BCUT2D eigenvalue weighted by molar-refractivity contribution is 0.119. The van der Waals surface area contributed by atoms with Gasteiger partial charge in [-0.1, -0.05) is 103 Å². The van der Waals surface area contributed by atoms with Crippen LogP contribution in [0.3, 0.4) is 0 Å². The van der Waals surface area contributed by atoms with Crippen LogP contribution in [0.4, 0.5) is 0 Å². The summed E-state index contributed by atoms with van der Waals surface area (Å²) in [5.41, 5.74) is 1.28. The third-order valence-corrected chi connectivity index (χ3v) is 9.70. The van der Waals surface area contributed by atoms with Crippen LogP contribution >= 0.6 is 18.9 Å². The molecule has 0 aliphatic carbocycles. The first-order valence-electron chi connectivity index (χ1n) is 10.1. The van der Waals surface area contributed by atoms with Crippen molar-refractivity contribution in [2.75, 3.05) is 13.2 Å². The van der Waals surface area contributed by atoms with Crippen LogP contribution in [-0.4, -0.2) is 13.2 Å². The third-order valence-electron chi connectivity index (χ3n) is 5.26. The van der Waals surface area contributed by atoms with E-state index < -0.39 is 7.14 Å². The molecule has 4 rings (SSSR count). The van der Waals surface area contributed by atoms with Crippen molar-refractivity contribution in [1.82, 2.24) is 0 Å². The van der Waals surface area contributed by atoms with Crippen molar-refractivity contribution >= 4 is 29.5 Å². The van der Waals surface area contributed by atoms with Gasteiger partial charge >= 0.3 is 0 Å². The number of thioether (sulfide) groups is 1. The predicted molar refractivity (Wildman–Crippen MR) is 128 cm³/mol. The fourth-order valence-electron chi connectivity index (χ4n) is 3.67. The highest BCUT2D eigenvalue weighted by atomic mass is 32.2. The second kappa shape index (κ2) is 9.66. The molecule has 30 heavy (non-hydrogen) atoms. The summed E-state index contributed by atoms with van der Waals surface area (Å²) in [4.78, 5) is 2.17. The largest absolute Gasteiger partial charge is 0.381 e. The van der Waals surface area contributed by atoms with Gasteiger partial charge in [-0.05, 0) is 25.0 Å². The summed E-state index contributed by atoms with van der Waals surface area (Å²) in [6.45, 7) is 5.86. The molecule has 3 aromatic carbocycles. The van der Waals surface area contributed by atoms with E-state index in [-0.39, 0.29) is 0 Å². The molecule has 0 saturated carbocycles. The van der Waals surface area contributed by atoms with E-state index in [0.717, 1.165) is 33.3 Å². The van der Waals surface area contributed by atoms with Crippen LogP contribution in [0.25, 0.3) is 0 Å². The maximum atomic E-state index is 14.8. The Morgan fingerprint density at radius 2 is 1.23 bits per heavy atom. The van der Waals surface area contributed by atoms with E-state index in [1.165, 1.54) is 5.57 Å². The van der Waals surface area contributed by atoms with E-state index in [2.05, 4.69) is 18.7 Å². The van der Waals surface area contributed by atoms with Crippen LogP contribution in [0.15, 0.2) is 118 Å². The van der Waals surface area contributed by atoms with Gasteiger partial charge in [0, 0.05) is 25.7 Å². The number of rotatable bonds is 6. The fraction of sp³-hybridized carbons (Fsp3) is 0.154. The highest BCUT2D eigenvalue weighted by molar-refractivity contribution is 8.04. The van der Waals surface area contributed by atoms with Crippen LogP contribution in [0.1, 0.15) is 12.8 Å². The topological polar surface area (TPSA) is 26.3 Å². The van der Waals surface area contributed by atoms with Gasteiger partial charge in [0.2, 0.25) is 0 Å². The molecule has 0 amide bonds. The van der Waals surface area contributed by atoms with Gasteiger partial charge in [0.05, 0.1) is 13.2 Å². The number of hydrogen-bond acceptors (Lipinski definition) is 3. The molecule has 1 aliphatic heterocycles. The Hall–Kier alpha value is -2.32. The molecule has 1 fully saturated rings. The Labute approximate surface area is 183 Å². The molecule has 0 aromatic heterocycles. The first kappa shape index (κ1) is 20.9. The van der Waals surface area contributed by atoms with E-state index in [4.69, 9.17) is 4.74 Å². The zero-order valence-corrected chi connectivity index (χ0v) is 18.6. The minimum absolute atomic E-state index is 0.697. The lowest BCUT2D eigenvalue weighted by atomic mass is 10.1. The van der Waals surface area contributed by atoms with Crippen molar-refractivity contribution in [3.8, 4) is 0 Å². The highest BCUT2D eigenvalue weighted by Gasteiger charge is 2.34. The molecular weight excluding hydrogens is 407 g/mol. The number of benzene rings is 3. The van der Waals surface area contributed by atoms with E-state index in [1.807, 2.05) is 78.9 Å². The number of hydrogen-bond donors (Lipinski definition) is 0. The lowest BCUT2D eigenvalue weighted by Crippen LogP contribution is -2.18. The van der Waals surface area contributed by atoms with Crippen LogP contribution in [0.5, 0.6) is 0 Å². The van der Waals surface area contributed by atoms with Gasteiger partial charge in [-0.15, -0.1) is 0 Å². The van der Waals surface area contributed by atoms with Gasteiger partial charge in [0.15, 0.2) is 7.14 Å². The molecule has 0 unspecified atom stereocenters. The third kappa shape index (κ3) is 4.39. The summed E-state index contributed by atoms with van der Waals surface area (Å²) in [6.07, 6.45) is 1.69. The lowest BCUT2D eigenvalue weighted by Gasteiger charge is -2.27. The predicted octanol–water partition coefficient (Wildman–Crippen LogP) is 6.37. The van der Waals surface area contributed by atoms with E-state index >= 15 is 0 Å². The van der Waals surface area contributed by atoms with Crippen molar-refractivity contribution in [2.45, 2.75) is 17.7 Å². The summed E-state index contributed by atoms with van der Waals surface area (Å²) < 4.78 is 20.4. The van der Waals surface area contributed by atoms with Gasteiger partial charge in [0.25, 0.3) is 0 Å². The minimum atomic E-state index is -3.09. The van der Waals surface area contributed by atoms with Crippen LogP contribution in [-0.2, 0) is 9.30 Å². The van der Waals surface area contributed by atoms with E-state index in [9.17, 15) is 4.57 Å². The monoisotopic (exact) mass is 432 g/mol. The molecule has 3 aromatic rings. The maximum Gasteiger partial charge on any atom is 0.171 e. The standard InChI is InChI=1S/C26H25O2PS/c1-21(26(22-17-19-28-20-18-22)30-25-15-9-4-10-16-25)29(27,23-11-5-2-6-12-23)24-13-7-3-8-14-24/h2-16H,1,17-20H2. The Balaban J connectivity index is 1.86. The average Bonchev–Trinajstić information content (AvgIpc) is 2.84. The molecule has 0 radical (unpaired) electrons. The SMILES string of the molecule is C=C(C(Sc1ccccc1)=C1CCOCC1)P(=O)(c1ccccc1)c1ccccc1. The van der Waals surface area contributed by atoms with E-state index in [1.54, 1.807) is 11.8 Å². The zero-order chi connectivity index (χ0) is 20.8. The molecule has 0 N–H and O–H groups in total. The summed E-state index contributed by atoms with van der Waals surface area (Å²) in [7, 11) is -3.09. The fourth-order valence-corrected chi connectivity index (χ4v) is 7.73. The number of allylic oxidation sites excluding steroid dienone is 1. The minimum Gasteiger partial charge on any atom is -0.381 e. The van der Waals surface area contributed by atoms with E-state index in [0.29, 0.717) is 18.5 Å². The first-order chi connectivity index (χ1) is 14.7. The van der Waals surface area contributed by atoms with Gasteiger partial charge in [0.1, 0.15) is 0 Å². The quantitative estimate of drug-likeness (QED) is 0.334. The maximum absolute atomic E-state index is 14.8. The Kier molecular flexibility index (Phi) is 6.74. The summed E-state index contributed by atoms with van der Waals surface area (Å²) in [6, 6.07) is 29.8. The Morgan fingerprint density at radius 3 is 1.73 bits per heavy atom. The summed E-state index contributed by atoms with van der Waals surface area (Å²) >= 11 is 1.67. The van der Waals surface area contributed by atoms with Gasteiger partial charge in [-0.3, -0.25) is 0 Å². The van der Waals surface area contributed by atoms with Crippen molar-refractivity contribution in [2.24, 2.45) is 0 Å². The number of ether oxygens (including phenoxy) is 1. The normalized spacial score (nSPS) is 14.3. The van der Waals surface area contributed by atoms with Gasteiger partial charge in [-0.25, -0.2) is 0 Å².